The molecule has 114 valence electrons. The van der Waals surface area contributed by atoms with Gasteiger partial charge in [-0.25, -0.2) is 9.97 Å². The van der Waals surface area contributed by atoms with E-state index in [4.69, 9.17) is 9.47 Å². The van der Waals surface area contributed by atoms with E-state index in [9.17, 15) is 0 Å². The van der Waals surface area contributed by atoms with E-state index in [0.29, 0.717) is 25.7 Å². The van der Waals surface area contributed by atoms with Crippen molar-refractivity contribution < 1.29 is 9.47 Å². The summed E-state index contributed by atoms with van der Waals surface area (Å²) in [5.41, 5.74) is 0.903. The number of unbranched alkanes of at least 4 members (excludes halogenated alkanes) is 1. The van der Waals surface area contributed by atoms with Crippen LogP contribution in [0.5, 0.6) is 5.75 Å². The molecule has 20 heavy (non-hydrogen) atoms. The van der Waals surface area contributed by atoms with Crippen molar-refractivity contribution in [2.45, 2.75) is 46.1 Å². The summed E-state index contributed by atoms with van der Waals surface area (Å²) in [5.74, 6) is 1.90. The average Bonchev–Trinajstić information content (AvgIpc) is 2.44. The largest absolute Gasteiger partial charge is 0.488 e. The molecule has 0 fully saturated rings. The highest BCUT2D eigenvalue weighted by atomic mass is 16.5. The summed E-state index contributed by atoms with van der Waals surface area (Å²) in [6, 6.07) is 0. The van der Waals surface area contributed by atoms with Crippen molar-refractivity contribution in [1.29, 1.82) is 0 Å². The smallest absolute Gasteiger partial charge is 0.160 e. The highest BCUT2D eigenvalue weighted by molar-refractivity contribution is 5.25. The van der Waals surface area contributed by atoms with Crippen molar-refractivity contribution in [3.05, 3.63) is 17.7 Å². The van der Waals surface area contributed by atoms with Gasteiger partial charge in [-0.2, -0.15) is 0 Å². The zero-order valence-electron chi connectivity index (χ0n) is 13.1. The maximum absolute atomic E-state index is 5.71. The van der Waals surface area contributed by atoms with Crippen LogP contribution in [0, 0.1) is 0 Å². The number of nitrogens with zero attached hydrogens (tertiary/aromatic N) is 2. The van der Waals surface area contributed by atoms with Gasteiger partial charge in [0.2, 0.25) is 0 Å². The molecule has 0 atom stereocenters. The van der Waals surface area contributed by atoms with Gasteiger partial charge >= 0.3 is 0 Å². The Balaban J connectivity index is 2.51. The van der Waals surface area contributed by atoms with Crippen molar-refractivity contribution in [2.75, 3.05) is 26.9 Å². The lowest BCUT2D eigenvalue weighted by Crippen LogP contribution is -2.14. The van der Waals surface area contributed by atoms with Gasteiger partial charge in [-0.1, -0.05) is 27.2 Å². The lowest BCUT2D eigenvalue weighted by atomic mass is 10.2. The molecule has 1 heterocycles. The summed E-state index contributed by atoms with van der Waals surface area (Å²) in [6.45, 7) is 8.93. The molecule has 0 bridgehead atoms. The van der Waals surface area contributed by atoms with E-state index in [1.165, 1.54) is 0 Å². The first-order valence-electron chi connectivity index (χ1n) is 7.40. The first kappa shape index (κ1) is 16.9. The van der Waals surface area contributed by atoms with Crippen LogP contribution in [-0.2, 0) is 11.3 Å². The van der Waals surface area contributed by atoms with Crippen molar-refractivity contribution in [1.82, 2.24) is 15.3 Å². The normalized spacial score (nSPS) is 11.1. The minimum atomic E-state index is 0.317. The monoisotopic (exact) mass is 281 g/mol. The molecule has 0 amide bonds. The molecule has 0 radical (unpaired) electrons. The molecule has 0 aliphatic carbocycles. The Labute approximate surface area is 122 Å². The number of aromatic nitrogens is 2. The predicted octanol–water partition coefficient (Wildman–Crippen LogP) is 2.51. The van der Waals surface area contributed by atoms with Crippen LogP contribution in [0.4, 0.5) is 0 Å². The molecule has 5 heteroatoms. The van der Waals surface area contributed by atoms with E-state index in [1.54, 1.807) is 6.20 Å². The van der Waals surface area contributed by atoms with Crippen molar-refractivity contribution in [3.8, 4) is 5.75 Å². The SMILES string of the molecule is CCCCOCCOc1cnc(C(C)C)nc1CNC. The molecule has 0 saturated carbocycles. The molecule has 0 aromatic carbocycles. The van der Waals surface area contributed by atoms with E-state index in [2.05, 4.69) is 36.1 Å². The highest BCUT2D eigenvalue weighted by Crippen LogP contribution is 2.18. The Morgan fingerprint density at radius 1 is 1.25 bits per heavy atom. The van der Waals surface area contributed by atoms with Crippen molar-refractivity contribution >= 4 is 0 Å². The van der Waals surface area contributed by atoms with Crippen LogP contribution in [0.15, 0.2) is 6.20 Å². The third-order valence-electron chi connectivity index (χ3n) is 2.84. The second kappa shape index (κ2) is 9.66. The van der Waals surface area contributed by atoms with Gasteiger partial charge in [0.1, 0.15) is 12.4 Å². The Morgan fingerprint density at radius 2 is 2.05 bits per heavy atom. The minimum absolute atomic E-state index is 0.317. The van der Waals surface area contributed by atoms with Crippen LogP contribution in [0.2, 0.25) is 0 Å². The zero-order valence-corrected chi connectivity index (χ0v) is 13.1. The standard InChI is InChI=1S/C15H27N3O2/c1-5-6-7-19-8-9-20-14-11-17-15(12(2)3)18-13(14)10-16-4/h11-12,16H,5-10H2,1-4H3. The third kappa shape index (κ3) is 5.84. The summed E-state index contributed by atoms with van der Waals surface area (Å²) >= 11 is 0. The van der Waals surface area contributed by atoms with Gasteiger partial charge in [0.05, 0.1) is 18.5 Å². The number of ether oxygens (including phenoxy) is 2. The van der Waals surface area contributed by atoms with Gasteiger partial charge in [-0.05, 0) is 13.5 Å². The summed E-state index contributed by atoms with van der Waals surface area (Å²) in [4.78, 5) is 8.90. The minimum Gasteiger partial charge on any atom is -0.488 e. The van der Waals surface area contributed by atoms with E-state index in [0.717, 1.165) is 36.7 Å². The van der Waals surface area contributed by atoms with Gasteiger partial charge in [-0.15, -0.1) is 0 Å². The van der Waals surface area contributed by atoms with E-state index < -0.39 is 0 Å². The molecule has 0 saturated heterocycles. The molecule has 1 rings (SSSR count). The molecule has 1 N–H and O–H groups in total. The fourth-order valence-corrected chi connectivity index (χ4v) is 1.67. The maximum Gasteiger partial charge on any atom is 0.160 e. The lowest BCUT2D eigenvalue weighted by Gasteiger charge is -2.13. The molecular weight excluding hydrogens is 254 g/mol. The molecule has 0 aliphatic rings. The van der Waals surface area contributed by atoms with Crippen LogP contribution in [0.1, 0.15) is 51.0 Å². The molecule has 0 spiro atoms. The Kier molecular flexibility index (Phi) is 8.14. The summed E-state index contributed by atoms with van der Waals surface area (Å²) in [6.07, 6.45) is 4.01. The van der Waals surface area contributed by atoms with E-state index in [1.807, 2.05) is 7.05 Å². The van der Waals surface area contributed by atoms with Crippen LogP contribution in [0.3, 0.4) is 0 Å². The van der Waals surface area contributed by atoms with Crippen LogP contribution in [-0.4, -0.2) is 36.8 Å². The fraction of sp³-hybridized carbons (Fsp3) is 0.733. The number of nitrogens with one attached hydrogen (secondary N) is 1. The zero-order chi connectivity index (χ0) is 14.8. The van der Waals surface area contributed by atoms with Crippen molar-refractivity contribution in [2.24, 2.45) is 0 Å². The van der Waals surface area contributed by atoms with E-state index >= 15 is 0 Å². The predicted molar refractivity (Wildman–Crippen MR) is 80.1 cm³/mol. The fourth-order valence-electron chi connectivity index (χ4n) is 1.67. The second-order valence-electron chi connectivity index (χ2n) is 5.04. The summed E-state index contributed by atoms with van der Waals surface area (Å²) < 4.78 is 11.2. The molecule has 1 aromatic heterocycles. The maximum atomic E-state index is 5.71. The molecule has 5 nitrogen and oxygen atoms in total. The Bertz CT molecular complexity index is 383. The lowest BCUT2D eigenvalue weighted by molar-refractivity contribution is 0.0973. The quantitative estimate of drug-likeness (QED) is 0.668. The Morgan fingerprint density at radius 3 is 2.70 bits per heavy atom. The average molecular weight is 281 g/mol. The van der Waals surface area contributed by atoms with Crippen LogP contribution < -0.4 is 10.1 Å². The van der Waals surface area contributed by atoms with Crippen LogP contribution in [0.25, 0.3) is 0 Å². The highest BCUT2D eigenvalue weighted by Gasteiger charge is 2.10. The second-order valence-corrected chi connectivity index (χ2v) is 5.04. The Hall–Kier alpha value is -1.20. The first-order valence-corrected chi connectivity index (χ1v) is 7.40. The number of rotatable bonds is 10. The number of hydrogen-bond donors (Lipinski definition) is 1. The van der Waals surface area contributed by atoms with Gasteiger partial charge < -0.3 is 14.8 Å². The van der Waals surface area contributed by atoms with Gasteiger partial charge in [-0.3, -0.25) is 0 Å². The van der Waals surface area contributed by atoms with E-state index in [-0.39, 0.29) is 0 Å². The van der Waals surface area contributed by atoms with Gasteiger partial charge in [0.25, 0.3) is 0 Å². The first-order chi connectivity index (χ1) is 9.69. The molecule has 0 aliphatic heterocycles. The van der Waals surface area contributed by atoms with Gasteiger partial charge in [0.15, 0.2) is 5.75 Å². The molecule has 1 aromatic rings. The number of hydrogen-bond acceptors (Lipinski definition) is 5. The topological polar surface area (TPSA) is 56.3 Å². The van der Waals surface area contributed by atoms with Gasteiger partial charge in [0, 0.05) is 19.1 Å². The third-order valence-corrected chi connectivity index (χ3v) is 2.84. The summed E-state index contributed by atoms with van der Waals surface area (Å²) in [7, 11) is 1.90. The molecule has 0 unspecified atom stereocenters. The molecular formula is C15H27N3O2. The summed E-state index contributed by atoms with van der Waals surface area (Å²) in [5, 5.41) is 3.11. The van der Waals surface area contributed by atoms with Crippen LogP contribution >= 0.6 is 0 Å². The van der Waals surface area contributed by atoms with Crippen molar-refractivity contribution in [3.63, 3.8) is 0 Å².